The Kier molecular flexibility index (Phi) is 5.90. The summed E-state index contributed by atoms with van der Waals surface area (Å²) in [6.07, 6.45) is 4.92. The number of piperazine rings is 1. The fourth-order valence-electron chi connectivity index (χ4n) is 3.93. The number of thiophene rings is 1. The number of carbonyl (C=O) groups excluding carboxylic acids is 1. The Bertz CT molecular complexity index is 1000. The van der Waals surface area contributed by atoms with Gasteiger partial charge in [-0.25, -0.2) is 8.42 Å². The van der Waals surface area contributed by atoms with Crippen LogP contribution in [-0.2, 0) is 22.9 Å². The number of fused-ring (bicyclic) bond motifs is 1. The highest BCUT2D eigenvalue weighted by Crippen LogP contribution is 2.33. The van der Waals surface area contributed by atoms with Gasteiger partial charge in [0.25, 0.3) is 5.91 Å². The third-order valence-corrected chi connectivity index (χ3v) is 8.45. The number of amides is 1. The van der Waals surface area contributed by atoms with Crippen molar-refractivity contribution in [2.45, 2.75) is 26.2 Å². The molecule has 1 aromatic carbocycles. The lowest BCUT2D eigenvalue weighted by Gasteiger charge is -2.33. The topological polar surface area (TPSA) is 57.7 Å². The molecule has 1 aliphatic heterocycles. The minimum atomic E-state index is -3.49. The molecular formula is C22H26N2O3S2. The van der Waals surface area contributed by atoms with Gasteiger partial charge in [-0.2, -0.15) is 4.31 Å². The molecule has 1 amide bonds. The van der Waals surface area contributed by atoms with Gasteiger partial charge in [0, 0.05) is 36.5 Å². The third-order valence-electron chi connectivity index (χ3n) is 5.66. The van der Waals surface area contributed by atoms with E-state index in [1.807, 2.05) is 30.3 Å². The van der Waals surface area contributed by atoms with Gasteiger partial charge in [0.2, 0.25) is 10.0 Å². The molecule has 2 aliphatic rings. The summed E-state index contributed by atoms with van der Waals surface area (Å²) in [6, 6.07) is 11.4. The van der Waals surface area contributed by atoms with E-state index in [0.717, 1.165) is 23.3 Å². The van der Waals surface area contributed by atoms with Crippen molar-refractivity contribution in [3.8, 4) is 0 Å². The zero-order chi connectivity index (χ0) is 20.4. The summed E-state index contributed by atoms with van der Waals surface area (Å²) < 4.78 is 26.7. The summed E-state index contributed by atoms with van der Waals surface area (Å²) in [6.45, 7) is 3.77. The molecule has 154 valence electrons. The number of benzene rings is 1. The highest BCUT2D eigenvalue weighted by molar-refractivity contribution is 7.92. The Labute approximate surface area is 176 Å². The molecular weight excluding hydrogens is 404 g/mol. The lowest BCUT2D eigenvalue weighted by molar-refractivity contribution is 0.0703. The summed E-state index contributed by atoms with van der Waals surface area (Å²) in [5.74, 6) is 0.715. The quantitative estimate of drug-likeness (QED) is 0.744. The second-order valence-corrected chi connectivity index (χ2v) is 10.8. The second-order valence-electron chi connectivity index (χ2n) is 7.86. The molecule has 1 saturated heterocycles. The molecule has 1 fully saturated rings. The fourth-order valence-corrected chi connectivity index (χ4v) is 6.28. The molecule has 7 heteroatoms. The molecule has 29 heavy (non-hydrogen) atoms. The van der Waals surface area contributed by atoms with E-state index in [-0.39, 0.29) is 5.91 Å². The van der Waals surface area contributed by atoms with E-state index in [0.29, 0.717) is 32.1 Å². The average Bonchev–Trinajstić information content (AvgIpc) is 3.16. The summed E-state index contributed by atoms with van der Waals surface area (Å²) >= 11 is 1.62. The number of hydrogen-bond acceptors (Lipinski definition) is 4. The molecule has 2 aromatic rings. The molecule has 1 aromatic heterocycles. The SMILES string of the molecule is CC1CCc2sc(C(=O)N3CCN(S(=O)(=O)/C=C/c4ccccc4)CC3)cc2C1. The van der Waals surface area contributed by atoms with E-state index >= 15 is 0 Å². The van der Waals surface area contributed by atoms with Crippen LogP contribution >= 0.6 is 11.3 Å². The summed E-state index contributed by atoms with van der Waals surface area (Å²) in [5.41, 5.74) is 2.17. The number of nitrogens with zero attached hydrogens (tertiary/aromatic N) is 2. The van der Waals surface area contributed by atoms with Gasteiger partial charge in [0.05, 0.1) is 4.88 Å². The summed E-state index contributed by atoms with van der Waals surface area (Å²) in [5, 5.41) is 1.26. The van der Waals surface area contributed by atoms with Crippen molar-refractivity contribution >= 4 is 33.3 Å². The Hall–Kier alpha value is -1.96. The van der Waals surface area contributed by atoms with Crippen molar-refractivity contribution in [3.63, 3.8) is 0 Å². The van der Waals surface area contributed by atoms with Crippen molar-refractivity contribution in [3.05, 3.63) is 62.7 Å². The molecule has 1 unspecified atom stereocenters. The average molecular weight is 431 g/mol. The highest BCUT2D eigenvalue weighted by Gasteiger charge is 2.29. The van der Waals surface area contributed by atoms with Gasteiger partial charge in [-0.05, 0) is 48.4 Å². The standard InChI is InChI=1S/C22H26N2O3S2/c1-17-7-8-20-19(15-17)16-21(28-20)22(25)23-10-12-24(13-11-23)29(26,27)14-9-18-5-3-2-4-6-18/h2-6,9,14,16-17H,7-8,10-13,15H2,1H3/b14-9+. The molecule has 0 radical (unpaired) electrons. The number of rotatable bonds is 4. The van der Waals surface area contributed by atoms with Crippen LogP contribution in [0.1, 0.15) is 39.0 Å². The van der Waals surface area contributed by atoms with E-state index in [2.05, 4.69) is 13.0 Å². The maximum atomic E-state index is 12.9. The maximum Gasteiger partial charge on any atom is 0.264 e. The molecule has 0 bridgehead atoms. The van der Waals surface area contributed by atoms with Gasteiger partial charge in [-0.15, -0.1) is 11.3 Å². The molecule has 2 heterocycles. The zero-order valence-electron chi connectivity index (χ0n) is 16.6. The number of aryl methyl sites for hydroxylation is 1. The van der Waals surface area contributed by atoms with E-state index < -0.39 is 10.0 Å². The number of hydrogen-bond donors (Lipinski definition) is 0. The summed E-state index contributed by atoms with van der Waals surface area (Å²) in [7, 11) is -3.49. The van der Waals surface area contributed by atoms with E-state index in [9.17, 15) is 13.2 Å². The first kappa shape index (κ1) is 20.3. The van der Waals surface area contributed by atoms with Gasteiger partial charge in [0.15, 0.2) is 0 Å². The molecule has 0 spiro atoms. The highest BCUT2D eigenvalue weighted by atomic mass is 32.2. The van der Waals surface area contributed by atoms with E-state index in [1.165, 1.54) is 26.6 Å². The van der Waals surface area contributed by atoms with Crippen LogP contribution in [0.2, 0.25) is 0 Å². The minimum absolute atomic E-state index is 0.0360. The van der Waals surface area contributed by atoms with Crippen molar-refractivity contribution < 1.29 is 13.2 Å². The molecule has 0 N–H and O–H groups in total. The van der Waals surface area contributed by atoms with Crippen LogP contribution in [0.4, 0.5) is 0 Å². The van der Waals surface area contributed by atoms with E-state index in [1.54, 1.807) is 22.3 Å². The normalized spacial score (nSPS) is 20.7. The van der Waals surface area contributed by atoms with Crippen LogP contribution in [0.5, 0.6) is 0 Å². The van der Waals surface area contributed by atoms with Gasteiger partial charge >= 0.3 is 0 Å². The first-order valence-electron chi connectivity index (χ1n) is 10.1. The lowest BCUT2D eigenvalue weighted by Crippen LogP contribution is -2.49. The Morgan fingerprint density at radius 2 is 1.86 bits per heavy atom. The molecule has 1 atom stereocenters. The largest absolute Gasteiger partial charge is 0.335 e. The predicted molar refractivity (Wildman–Crippen MR) is 117 cm³/mol. The molecule has 0 saturated carbocycles. The van der Waals surface area contributed by atoms with Crippen LogP contribution in [0.15, 0.2) is 41.8 Å². The van der Waals surface area contributed by atoms with Gasteiger partial charge in [0.1, 0.15) is 0 Å². The number of sulfonamides is 1. The van der Waals surface area contributed by atoms with Crippen LogP contribution in [0, 0.1) is 5.92 Å². The fraction of sp³-hybridized carbons (Fsp3) is 0.409. The van der Waals surface area contributed by atoms with Gasteiger partial charge < -0.3 is 4.90 Å². The van der Waals surface area contributed by atoms with Crippen LogP contribution in [0.3, 0.4) is 0 Å². The van der Waals surface area contributed by atoms with Crippen LogP contribution < -0.4 is 0 Å². The van der Waals surface area contributed by atoms with Crippen molar-refractivity contribution in [1.29, 1.82) is 0 Å². The summed E-state index contributed by atoms with van der Waals surface area (Å²) in [4.78, 5) is 16.8. The lowest BCUT2D eigenvalue weighted by atomic mass is 9.90. The molecule has 5 nitrogen and oxygen atoms in total. The predicted octanol–water partition coefficient (Wildman–Crippen LogP) is 3.63. The number of carbonyl (C=O) groups is 1. The van der Waals surface area contributed by atoms with Gasteiger partial charge in [-0.3, -0.25) is 4.79 Å². The van der Waals surface area contributed by atoms with Crippen molar-refractivity contribution in [1.82, 2.24) is 9.21 Å². The Morgan fingerprint density at radius 1 is 1.14 bits per heavy atom. The first-order valence-corrected chi connectivity index (χ1v) is 12.4. The third kappa shape index (κ3) is 4.63. The van der Waals surface area contributed by atoms with Crippen molar-refractivity contribution in [2.75, 3.05) is 26.2 Å². The minimum Gasteiger partial charge on any atom is -0.335 e. The zero-order valence-corrected chi connectivity index (χ0v) is 18.2. The van der Waals surface area contributed by atoms with Gasteiger partial charge in [-0.1, -0.05) is 37.3 Å². The van der Waals surface area contributed by atoms with E-state index in [4.69, 9.17) is 0 Å². The van der Waals surface area contributed by atoms with Crippen molar-refractivity contribution in [2.24, 2.45) is 5.92 Å². The second kappa shape index (κ2) is 8.42. The Morgan fingerprint density at radius 3 is 2.59 bits per heavy atom. The molecule has 4 rings (SSSR count). The first-order chi connectivity index (χ1) is 13.9. The van der Waals surface area contributed by atoms with Crippen LogP contribution in [-0.4, -0.2) is 49.7 Å². The Balaban J connectivity index is 1.38. The monoisotopic (exact) mass is 430 g/mol. The molecule has 1 aliphatic carbocycles. The maximum absolute atomic E-state index is 12.9. The smallest absolute Gasteiger partial charge is 0.264 e. The van der Waals surface area contributed by atoms with Crippen LogP contribution in [0.25, 0.3) is 6.08 Å².